The van der Waals surface area contributed by atoms with Crippen LogP contribution in [0.25, 0.3) is 0 Å². The van der Waals surface area contributed by atoms with E-state index in [0.29, 0.717) is 0 Å². The van der Waals surface area contributed by atoms with E-state index >= 15 is 0 Å². The smallest absolute Gasteiger partial charge is 0.136 e. The molecule has 0 spiro atoms. The molecule has 5 heteroatoms. The van der Waals surface area contributed by atoms with Gasteiger partial charge in [0.25, 0.3) is 0 Å². The van der Waals surface area contributed by atoms with Crippen molar-refractivity contribution < 1.29 is 0 Å². The normalized spacial score (nSPS) is 11.7. The van der Waals surface area contributed by atoms with E-state index in [1.165, 1.54) is 0 Å². The van der Waals surface area contributed by atoms with Gasteiger partial charge in [0, 0.05) is 35.5 Å². The van der Waals surface area contributed by atoms with Crippen LogP contribution >= 0.6 is 11.3 Å². The predicted octanol–water partition coefficient (Wildman–Crippen LogP) is 3.95. The number of rotatable bonds is 5. The van der Waals surface area contributed by atoms with Crippen LogP contribution in [0.15, 0.2) is 11.6 Å². The largest absolute Gasteiger partial charge is 0.370 e. The summed E-state index contributed by atoms with van der Waals surface area (Å²) in [5.41, 5.74) is 2.14. The van der Waals surface area contributed by atoms with Crippen LogP contribution in [0.3, 0.4) is 0 Å². The van der Waals surface area contributed by atoms with Crippen LogP contribution in [0.1, 0.15) is 56.2 Å². The van der Waals surface area contributed by atoms with Gasteiger partial charge in [-0.15, -0.1) is 11.3 Å². The quantitative estimate of drug-likeness (QED) is 0.908. The Bertz CT molecular complexity index is 585. The molecule has 2 heterocycles. The maximum Gasteiger partial charge on any atom is 0.136 e. The summed E-state index contributed by atoms with van der Waals surface area (Å²) in [4.78, 5) is 13.9. The fourth-order valence-electron chi connectivity index (χ4n) is 1.97. The minimum Gasteiger partial charge on any atom is -0.370 e. The van der Waals surface area contributed by atoms with E-state index in [1.807, 2.05) is 11.6 Å². The molecule has 0 amide bonds. The molecule has 114 valence electrons. The van der Waals surface area contributed by atoms with E-state index < -0.39 is 0 Å². The van der Waals surface area contributed by atoms with Gasteiger partial charge in [-0.25, -0.2) is 15.0 Å². The predicted molar refractivity (Wildman–Crippen MR) is 89.2 cm³/mol. The molecule has 0 saturated heterocycles. The van der Waals surface area contributed by atoms with Crippen LogP contribution in [-0.4, -0.2) is 21.5 Å². The lowest BCUT2D eigenvalue weighted by Gasteiger charge is -2.20. The summed E-state index contributed by atoms with van der Waals surface area (Å²) in [6.07, 6.45) is 3.70. The van der Waals surface area contributed by atoms with Gasteiger partial charge in [-0.1, -0.05) is 27.7 Å². The van der Waals surface area contributed by atoms with E-state index in [9.17, 15) is 0 Å². The number of nitrogens with one attached hydrogen (secondary N) is 1. The molecule has 0 saturated carbocycles. The van der Waals surface area contributed by atoms with Gasteiger partial charge in [-0.3, -0.25) is 0 Å². The van der Waals surface area contributed by atoms with Crippen molar-refractivity contribution in [2.75, 3.05) is 11.9 Å². The SMILES string of the molecule is CCCNc1nc(C(C)(C)C)nc(Cc2nccs2)c1C. The van der Waals surface area contributed by atoms with Gasteiger partial charge < -0.3 is 5.32 Å². The standard InChI is InChI=1S/C16H24N4S/c1-6-7-18-14-11(2)12(10-13-17-8-9-21-13)19-15(20-14)16(3,4)5/h8-9H,6-7,10H2,1-5H3,(H,18,19,20). The minimum absolute atomic E-state index is 0.0615. The van der Waals surface area contributed by atoms with Gasteiger partial charge in [-0.05, 0) is 13.3 Å². The Morgan fingerprint density at radius 3 is 2.57 bits per heavy atom. The summed E-state index contributed by atoms with van der Waals surface area (Å²) >= 11 is 1.67. The topological polar surface area (TPSA) is 50.7 Å². The number of anilines is 1. The third-order valence-corrected chi connectivity index (χ3v) is 4.04. The number of hydrogen-bond donors (Lipinski definition) is 1. The van der Waals surface area contributed by atoms with Crippen molar-refractivity contribution >= 4 is 17.2 Å². The van der Waals surface area contributed by atoms with Crippen LogP contribution in [0.5, 0.6) is 0 Å². The molecular weight excluding hydrogens is 280 g/mol. The molecule has 0 aliphatic heterocycles. The number of hydrogen-bond acceptors (Lipinski definition) is 5. The van der Waals surface area contributed by atoms with Crippen molar-refractivity contribution in [3.8, 4) is 0 Å². The molecule has 2 aromatic rings. The molecule has 0 unspecified atom stereocenters. The summed E-state index contributed by atoms with van der Waals surface area (Å²) in [6.45, 7) is 11.6. The van der Waals surface area contributed by atoms with Crippen LogP contribution in [0.4, 0.5) is 5.82 Å². The summed E-state index contributed by atoms with van der Waals surface area (Å²) in [5, 5.41) is 6.53. The molecule has 0 aliphatic rings. The van der Waals surface area contributed by atoms with Crippen molar-refractivity contribution in [3.05, 3.63) is 33.7 Å². The molecule has 1 N–H and O–H groups in total. The fraction of sp³-hybridized carbons (Fsp3) is 0.562. The van der Waals surface area contributed by atoms with Gasteiger partial charge in [0.05, 0.1) is 10.7 Å². The zero-order valence-corrected chi connectivity index (χ0v) is 14.3. The second kappa shape index (κ2) is 6.52. The van der Waals surface area contributed by atoms with Crippen molar-refractivity contribution in [3.63, 3.8) is 0 Å². The Morgan fingerprint density at radius 1 is 1.24 bits per heavy atom. The first-order valence-electron chi connectivity index (χ1n) is 7.42. The Hall–Kier alpha value is -1.49. The van der Waals surface area contributed by atoms with Gasteiger partial charge in [-0.2, -0.15) is 0 Å². The number of thiazole rings is 1. The van der Waals surface area contributed by atoms with E-state index in [1.54, 1.807) is 11.3 Å². The summed E-state index contributed by atoms with van der Waals surface area (Å²) in [5.74, 6) is 1.85. The Balaban J connectivity index is 2.41. The Morgan fingerprint density at radius 2 is 2.00 bits per heavy atom. The maximum atomic E-state index is 4.80. The second-order valence-corrected chi connectivity index (χ2v) is 7.23. The molecule has 0 aliphatic carbocycles. The number of aromatic nitrogens is 3. The molecule has 0 fully saturated rings. The lowest BCUT2D eigenvalue weighted by molar-refractivity contribution is 0.542. The Labute approximate surface area is 131 Å². The third kappa shape index (κ3) is 4.00. The Kier molecular flexibility index (Phi) is 4.93. The molecule has 0 bridgehead atoms. The molecule has 2 rings (SSSR count). The molecule has 2 aromatic heterocycles. The first-order valence-corrected chi connectivity index (χ1v) is 8.30. The van der Waals surface area contributed by atoms with E-state index in [2.05, 4.69) is 44.9 Å². The van der Waals surface area contributed by atoms with Gasteiger partial charge >= 0.3 is 0 Å². The molecule has 4 nitrogen and oxygen atoms in total. The lowest BCUT2D eigenvalue weighted by Crippen LogP contribution is -2.20. The van der Waals surface area contributed by atoms with Crippen molar-refractivity contribution in [2.24, 2.45) is 0 Å². The maximum absolute atomic E-state index is 4.80. The highest BCUT2D eigenvalue weighted by Gasteiger charge is 2.21. The second-order valence-electron chi connectivity index (χ2n) is 6.25. The van der Waals surface area contributed by atoms with Gasteiger partial charge in [0.1, 0.15) is 11.6 Å². The van der Waals surface area contributed by atoms with Gasteiger partial charge in [0.15, 0.2) is 0 Å². The lowest BCUT2D eigenvalue weighted by atomic mass is 9.95. The zero-order chi connectivity index (χ0) is 15.5. The van der Waals surface area contributed by atoms with Crippen molar-refractivity contribution in [1.82, 2.24) is 15.0 Å². The van der Waals surface area contributed by atoms with Crippen LogP contribution < -0.4 is 5.32 Å². The first-order chi connectivity index (χ1) is 9.91. The fourth-order valence-corrected chi connectivity index (χ4v) is 2.59. The molecule has 0 radical (unpaired) electrons. The zero-order valence-electron chi connectivity index (χ0n) is 13.5. The molecular formula is C16H24N4S. The van der Waals surface area contributed by atoms with E-state index in [0.717, 1.165) is 47.3 Å². The number of nitrogens with zero attached hydrogens (tertiary/aromatic N) is 3. The van der Waals surface area contributed by atoms with Crippen LogP contribution in [0.2, 0.25) is 0 Å². The van der Waals surface area contributed by atoms with Crippen molar-refractivity contribution in [2.45, 2.75) is 52.9 Å². The third-order valence-electron chi connectivity index (χ3n) is 3.26. The molecule has 0 aromatic carbocycles. The average molecular weight is 304 g/mol. The van der Waals surface area contributed by atoms with Gasteiger partial charge in [0.2, 0.25) is 0 Å². The monoisotopic (exact) mass is 304 g/mol. The highest BCUT2D eigenvalue weighted by Crippen LogP contribution is 2.25. The first kappa shape index (κ1) is 15.9. The summed E-state index contributed by atoms with van der Waals surface area (Å²) in [7, 11) is 0. The van der Waals surface area contributed by atoms with Crippen molar-refractivity contribution in [1.29, 1.82) is 0 Å². The van der Waals surface area contributed by atoms with Crippen LogP contribution in [0, 0.1) is 6.92 Å². The minimum atomic E-state index is -0.0615. The highest BCUT2D eigenvalue weighted by atomic mass is 32.1. The summed E-state index contributed by atoms with van der Waals surface area (Å²) in [6, 6.07) is 0. The average Bonchev–Trinajstić information content (AvgIpc) is 2.91. The molecule has 0 atom stereocenters. The highest BCUT2D eigenvalue weighted by molar-refractivity contribution is 7.09. The molecule has 21 heavy (non-hydrogen) atoms. The van der Waals surface area contributed by atoms with Crippen LogP contribution in [-0.2, 0) is 11.8 Å². The van der Waals surface area contributed by atoms with E-state index in [4.69, 9.17) is 9.97 Å². The van der Waals surface area contributed by atoms with E-state index in [-0.39, 0.29) is 5.41 Å². The summed E-state index contributed by atoms with van der Waals surface area (Å²) < 4.78 is 0.